The molecule has 0 saturated heterocycles. The molecule has 0 heterocycles. The molecule has 0 aliphatic carbocycles. The van der Waals surface area contributed by atoms with E-state index in [1.54, 1.807) is 0 Å². The van der Waals surface area contributed by atoms with E-state index in [2.05, 4.69) is 24.8 Å². The summed E-state index contributed by atoms with van der Waals surface area (Å²) < 4.78 is 0. The molecule has 0 rings (SSSR count). The van der Waals surface area contributed by atoms with Gasteiger partial charge in [-0.3, -0.25) is 4.90 Å². The van der Waals surface area contributed by atoms with Crippen LogP contribution in [0.1, 0.15) is 26.7 Å². The molecule has 0 aromatic heterocycles. The first-order valence-electron chi connectivity index (χ1n) is 4.30. The van der Waals surface area contributed by atoms with Gasteiger partial charge in [0.2, 0.25) is 0 Å². The highest BCUT2D eigenvalue weighted by atomic mass is 15.1. The molecule has 0 spiro atoms. The molecule has 0 fully saturated rings. The maximum atomic E-state index is 8.40. The SMILES string of the molecule is CCC(CC)CN(C)CC#N. The topological polar surface area (TPSA) is 27.0 Å². The monoisotopic (exact) mass is 154 g/mol. The smallest absolute Gasteiger partial charge is 0.0863 e. The Morgan fingerprint density at radius 3 is 2.27 bits per heavy atom. The summed E-state index contributed by atoms with van der Waals surface area (Å²) in [6, 6.07) is 2.15. The van der Waals surface area contributed by atoms with E-state index in [1.165, 1.54) is 12.8 Å². The minimum absolute atomic E-state index is 0.552. The molecule has 0 bridgehead atoms. The first-order chi connectivity index (χ1) is 5.24. The summed E-state index contributed by atoms with van der Waals surface area (Å²) in [6.45, 7) is 6.01. The first kappa shape index (κ1) is 10.4. The molecule has 2 nitrogen and oxygen atoms in total. The van der Waals surface area contributed by atoms with Crippen LogP contribution in [0, 0.1) is 17.2 Å². The minimum Gasteiger partial charge on any atom is -0.293 e. The number of hydrogen-bond donors (Lipinski definition) is 0. The quantitative estimate of drug-likeness (QED) is 0.565. The summed E-state index contributed by atoms with van der Waals surface area (Å²) in [4.78, 5) is 2.08. The van der Waals surface area contributed by atoms with Crippen LogP contribution >= 0.6 is 0 Å². The van der Waals surface area contributed by atoms with E-state index in [-0.39, 0.29) is 0 Å². The third-order valence-electron chi connectivity index (χ3n) is 2.07. The summed E-state index contributed by atoms with van der Waals surface area (Å²) in [5.41, 5.74) is 0. The van der Waals surface area contributed by atoms with Crippen LogP contribution in [0.4, 0.5) is 0 Å². The maximum absolute atomic E-state index is 8.40. The summed E-state index contributed by atoms with van der Waals surface area (Å²) in [7, 11) is 2.00. The maximum Gasteiger partial charge on any atom is 0.0863 e. The molecule has 0 atom stereocenters. The second-order valence-corrected chi connectivity index (χ2v) is 3.04. The Labute approximate surface area is 69.8 Å². The van der Waals surface area contributed by atoms with Crippen LogP contribution in [0.5, 0.6) is 0 Å². The predicted molar refractivity (Wildman–Crippen MR) is 47.2 cm³/mol. The molecule has 0 radical (unpaired) electrons. The number of rotatable bonds is 5. The average Bonchev–Trinajstić information content (AvgIpc) is 2.01. The third-order valence-corrected chi connectivity index (χ3v) is 2.07. The van der Waals surface area contributed by atoms with Crippen LogP contribution in [-0.2, 0) is 0 Å². The average molecular weight is 154 g/mol. The molecule has 0 unspecified atom stereocenters. The highest BCUT2D eigenvalue weighted by Crippen LogP contribution is 2.07. The number of nitrogens with zero attached hydrogens (tertiary/aromatic N) is 2. The zero-order chi connectivity index (χ0) is 8.69. The van der Waals surface area contributed by atoms with Gasteiger partial charge in [0.25, 0.3) is 0 Å². The fourth-order valence-corrected chi connectivity index (χ4v) is 1.17. The van der Waals surface area contributed by atoms with E-state index in [1.807, 2.05) is 7.05 Å². The normalized spacial score (nSPS) is 10.5. The highest BCUT2D eigenvalue weighted by Gasteiger charge is 2.05. The number of nitriles is 1. The standard InChI is InChI=1S/C9H18N2/c1-4-9(5-2)8-11(3)7-6-10/h9H,4-5,7-8H2,1-3H3. The molecule has 64 valence electrons. The van der Waals surface area contributed by atoms with Gasteiger partial charge in [-0.25, -0.2) is 0 Å². The summed E-state index contributed by atoms with van der Waals surface area (Å²) in [6.07, 6.45) is 2.43. The Morgan fingerprint density at radius 2 is 1.91 bits per heavy atom. The fourth-order valence-electron chi connectivity index (χ4n) is 1.17. The van der Waals surface area contributed by atoms with Crippen molar-refractivity contribution in [1.29, 1.82) is 5.26 Å². The van der Waals surface area contributed by atoms with Crippen molar-refractivity contribution in [3.63, 3.8) is 0 Å². The zero-order valence-corrected chi connectivity index (χ0v) is 7.80. The second-order valence-electron chi connectivity index (χ2n) is 3.04. The van der Waals surface area contributed by atoms with Gasteiger partial charge in [0.1, 0.15) is 0 Å². The molecule has 11 heavy (non-hydrogen) atoms. The molecule has 0 aromatic rings. The highest BCUT2D eigenvalue weighted by molar-refractivity contribution is 4.75. The zero-order valence-electron chi connectivity index (χ0n) is 7.80. The van der Waals surface area contributed by atoms with Crippen molar-refractivity contribution < 1.29 is 0 Å². The molecule has 2 heteroatoms. The second kappa shape index (κ2) is 6.18. The van der Waals surface area contributed by atoms with Crippen LogP contribution in [0.3, 0.4) is 0 Å². The first-order valence-corrected chi connectivity index (χ1v) is 4.30. The molecule has 0 saturated carbocycles. The van der Waals surface area contributed by atoms with Crippen LogP contribution in [0.25, 0.3) is 0 Å². The minimum atomic E-state index is 0.552. The summed E-state index contributed by atoms with van der Waals surface area (Å²) >= 11 is 0. The van der Waals surface area contributed by atoms with Crippen LogP contribution in [-0.4, -0.2) is 25.0 Å². The van der Waals surface area contributed by atoms with Gasteiger partial charge < -0.3 is 0 Å². The van der Waals surface area contributed by atoms with E-state index in [4.69, 9.17) is 5.26 Å². The Morgan fingerprint density at radius 1 is 1.36 bits per heavy atom. The third kappa shape index (κ3) is 4.80. The molecule has 0 amide bonds. The molecule has 0 aliphatic heterocycles. The molecular weight excluding hydrogens is 136 g/mol. The van der Waals surface area contributed by atoms with E-state index in [0.29, 0.717) is 6.54 Å². The van der Waals surface area contributed by atoms with Crippen LogP contribution in [0.2, 0.25) is 0 Å². The Balaban J connectivity index is 3.55. The van der Waals surface area contributed by atoms with Crippen molar-refractivity contribution in [2.24, 2.45) is 5.92 Å². The van der Waals surface area contributed by atoms with Gasteiger partial charge in [-0.05, 0) is 13.0 Å². The van der Waals surface area contributed by atoms with E-state index in [0.717, 1.165) is 12.5 Å². The molecule has 0 aromatic carbocycles. The lowest BCUT2D eigenvalue weighted by Crippen LogP contribution is -2.25. The molecule has 0 N–H and O–H groups in total. The van der Waals surface area contributed by atoms with Gasteiger partial charge in [-0.2, -0.15) is 5.26 Å². The van der Waals surface area contributed by atoms with Gasteiger partial charge >= 0.3 is 0 Å². The van der Waals surface area contributed by atoms with Crippen molar-refractivity contribution in [3.05, 3.63) is 0 Å². The lowest BCUT2D eigenvalue weighted by molar-refractivity contribution is 0.291. The van der Waals surface area contributed by atoms with E-state index < -0.39 is 0 Å². The largest absolute Gasteiger partial charge is 0.293 e. The van der Waals surface area contributed by atoms with E-state index >= 15 is 0 Å². The van der Waals surface area contributed by atoms with Crippen molar-refractivity contribution in [3.8, 4) is 6.07 Å². The van der Waals surface area contributed by atoms with Gasteiger partial charge in [-0.1, -0.05) is 26.7 Å². The van der Waals surface area contributed by atoms with Crippen molar-refractivity contribution in [2.75, 3.05) is 20.1 Å². The Bertz CT molecular complexity index is 122. The Kier molecular flexibility index (Phi) is 5.87. The van der Waals surface area contributed by atoms with Crippen molar-refractivity contribution in [1.82, 2.24) is 4.90 Å². The molecular formula is C9H18N2. The molecule has 0 aliphatic rings. The number of hydrogen-bond acceptors (Lipinski definition) is 2. The lowest BCUT2D eigenvalue weighted by Gasteiger charge is -2.19. The summed E-state index contributed by atoms with van der Waals surface area (Å²) in [5.74, 6) is 0.758. The van der Waals surface area contributed by atoms with Gasteiger partial charge in [0, 0.05) is 6.54 Å². The van der Waals surface area contributed by atoms with E-state index in [9.17, 15) is 0 Å². The fraction of sp³-hybridized carbons (Fsp3) is 0.889. The predicted octanol–water partition coefficient (Wildman–Crippen LogP) is 1.88. The van der Waals surface area contributed by atoms with Crippen LogP contribution < -0.4 is 0 Å². The lowest BCUT2D eigenvalue weighted by atomic mass is 10.0. The summed E-state index contributed by atoms with van der Waals surface area (Å²) in [5, 5.41) is 8.40. The van der Waals surface area contributed by atoms with Crippen LogP contribution in [0.15, 0.2) is 0 Å². The Hall–Kier alpha value is -0.550. The van der Waals surface area contributed by atoms with Gasteiger partial charge in [0.05, 0.1) is 12.6 Å². The van der Waals surface area contributed by atoms with Gasteiger partial charge in [-0.15, -0.1) is 0 Å². The van der Waals surface area contributed by atoms with Crippen molar-refractivity contribution in [2.45, 2.75) is 26.7 Å². The van der Waals surface area contributed by atoms with Crippen molar-refractivity contribution >= 4 is 0 Å². The van der Waals surface area contributed by atoms with Gasteiger partial charge in [0.15, 0.2) is 0 Å².